The highest BCUT2D eigenvalue weighted by atomic mass is 32.2. The summed E-state index contributed by atoms with van der Waals surface area (Å²) >= 11 is 0. The lowest BCUT2D eigenvalue weighted by atomic mass is 10.2. The molecule has 0 saturated carbocycles. The normalized spacial score (nSPS) is 10.9. The van der Waals surface area contributed by atoms with Crippen LogP contribution in [-0.4, -0.2) is 49.7 Å². The minimum absolute atomic E-state index is 0.218. The SMILES string of the molecule is CCN(CC)S(=O)(=O)c1ccc(F)c(C(=O)N(CC#N)CC#N)c1. The number of rotatable bonds is 7. The Bertz CT molecular complexity index is 776. The van der Waals surface area contributed by atoms with Crippen LogP contribution in [0.2, 0.25) is 0 Å². The van der Waals surface area contributed by atoms with E-state index >= 15 is 0 Å². The van der Waals surface area contributed by atoms with Gasteiger partial charge in [0, 0.05) is 13.1 Å². The monoisotopic (exact) mass is 352 g/mol. The van der Waals surface area contributed by atoms with Gasteiger partial charge in [-0.1, -0.05) is 13.8 Å². The maximum atomic E-state index is 14.0. The van der Waals surface area contributed by atoms with Crippen molar-refractivity contribution in [2.75, 3.05) is 26.2 Å². The molecule has 0 fully saturated rings. The van der Waals surface area contributed by atoms with Crippen molar-refractivity contribution in [3.05, 3.63) is 29.6 Å². The van der Waals surface area contributed by atoms with Gasteiger partial charge in [-0.25, -0.2) is 12.8 Å². The summed E-state index contributed by atoms with van der Waals surface area (Å²) in [6, 6.07) is 6.33. The molecule has 0 saturated heterocycles. The third-order valence-electron chi connectivity index (χ3n) is 3.32. The van der Waals surface area contributed by atoms with Crippen molar-refractivity contribution >= 4 is 15.9 Å². The van der Waals surface area contributed by atoms with E-state index in [0.29, 0.717) is 0 Å². The van der Waals surface area contributed by atoms with Crippen LogP contribution in [0.4, 0.5) is 4.39 Å². The average Bonchev–Trinajstić information content (AvgIpc) is 2.55. The summed E-state index contributed by atoms with van der Waals surface area (Å²) < 4.78 is 40.1. The van der Waals surface area contributed by atoms with Gasteiger partial charge in [0.05, 0.1) is 22.6 Å². The summed E-state index contributed by atoms with van der Waals surface area (Å²) in [6.07, 6.45) is 0. The molecule has 0 aliphatic rings. The Hall–Kier alpha value is -2.49. The molecule has 0 spiro atoms. The molecule has 1 amide bonds. The van der Waals surface area contributed by atoms with Crippen LogP contribution in [0, 0.1) is 28.5 Å². The predicted octanol–water partition coefficient (Wildman–Crippen LogP) is 1.35. The summed E-state index contributed by atoms with van der Waals surface area (Å²) in [4.78, 5) is 12.9. The molecule has 7 nitrogen and oxygen atoms in total. The van der Waals surface area contributed by atoms with Gasteiger partial charge in [-0.05, 0) is 18.2 Å². The van der Waals surface area contributed by atoms with E-state index in [1.807, 2.05) is 0 Å². The Balaban J connectivity index is 3.36. The second-order valence-corrected chi connectivity index (χ2v) is 6.65. The standard InChI is InChI=1S/C15H17FN4O3S/c1-3-20(4-2)24(22,23)12-5-6-14(16)13(11-12)15(21)19(9-7-17)10-8-18/h5-6,11H,3-4,9-10H2,1-2H3. The van der Waals surface area contributed by atoms with Crippen molar-refractivity contribution in [2.24, 2.45) is 0 Å². The van der Waals surface area contributed by atoms with Crippen molar-refractivity contribution < 1.29 is 17.6 Å². The van der Waals surface area contributed by atoms with Crippen LogP contribution < -0.4 is 0 Å². The van der Waals surface area contributed by atoms with E-state index in [2.05, 4.69) is 0 Å². The molecule has 0 heterocycles. The van der Waals surface area contributed by atoms with Gasteiger partial charge in [0.1, 0.15) is 18.9 Å². The lowest BCUT2D eigenvalue weighted by molar-refractivity contribution is 0.0790. The molecule has 1 aromatic rings. The third kappa shape index (κ3) is 4.07. The third-order valence-corrected chi connectivity index (χ3v) is 5.37. The largest absolute Gasteiger partial charge is 0.312 e. The molecule has 0 aliphatic carbocycles. The Morgan fingerprint density at radius 2 is 1.71 bits per heavy atom. The predicted molar refractivity (Wildman–Crippen MR) is 83.6 cm³/mol. The molecule has 0 radical (unpaired) electrons. The number of amides is 1. The molecule has 0 atom stereocenters. The number of nitrogens with zero attached hydrogens (tertiary/aromatic N) is 4. The maximum Gasteiger partial charge on any atom is 0.258 e. The zero-order valence-corrected chi connectivity index (χ0v) is 14.2. The van der Waals surface area contributed by atoms with E-state index in [1.54, 1.807) is 26.0 Å². The topological polar surface area (TPSA) is 105 Å². The molecule has 24 heavy (non-hydrogen) atoms. The highest BCUT2D eigenvalue weighted by Gasteiger charge is 2.26. The zero-order chi connectivity index (χ0) is 18.3. The fourth-order valence-corrected chi connectivity index (χ4v) is 3.57. The fourth-order valence-electron chi connectivity index (χ4n) is 2.08. The molecule has 0 aromatic heterocycles. The number of carbonyl (C=O) groups is 1. The lowest BCUT2D eigenvalue weighted by Crippen LogP contribution is -2.33. The van der Waals surface area contributed by atoms with Crippen LogP contribution >= 0.6 is 0 Å². The van der Waals surface area contributed by atoms with Gasteiger partial charge >= 0.3 is 0 Å². The molecule has 0 unspecified atom stereocenters. The van der Waals surface area contributed by atoms with Crippen LogP contribution in [0.3, 0.4) is 0 Å². The van der Waals surface area contributed by atoms with Crippen molar-refractivity contribution in [3.8, 4) is 12.1 Å². The molecular formula is C15H17FN4O3S. The maximum absolute atomic E-state index is 14.0. The smallest absolute Gasteiger partial charge is 0.258 e. The highest BCUT2D eigenvalue weighted by Crippen LogP contribution is 2.20. The molecule has 0 aliphatic heterocycles. The van der Waals surface area contributed by atoms with Crippen molar-refractivity contribution in [1.82, 2.24) is 9.21 Å². The minimum Gasteiger partial charge on any atom is -0.312 e. The van der Waals surface area contributed by atoms with E-state index in [-0.39, 0.29) is 18.0 Å². The first kappa shape index (κ1) is 19.6. The lowest BCUT2D eigenvalue weighted by Gasteiger charge is -2.20. The first-order chi connectivity index (χ1) is 11.3. The van der Waals surface area contributed by atoms with Crippen LogP contribution in [0.5, 0.6) is 0 Å². The number of sulfonamides is 1. The second kappa shape index (κ2) is 8.39. The fraction of sp³-hybridized carbons (Fsp3) is 0.400. The molecule has 0 bridgehead atoms. The van der Waals surface area contributed by atoms with Crippen molar-refractivity contribution in [3.63, 3.8) is 0 Å². The molecule has 1 aromatic carbocycles. The summed E-state index contributed by atoms with van der Waals surface area (Å²) in [5, 5.41) is 17.4. The summed E-state index contributed by atoms with van der Waals surface area (Å²) in [5.41, 5.74) is -0.492. The number of carbonyl (C=O) groups excluding carboxylic acids is 1. The van der Waals surface area contributed by atoms with Crippen LogP contribution in [-0.2, 0) is 10.0 Å². The van der Waals surface area contributed by atoms with Crippen LogP contribution in [0.25, 0.3) is 0 Å². The van der Waals surface area contributed by atoms with Crippen LogP contribution in [0.15, 0.2) is 23.1 Å². The number of hydrogen-bond donors (Lipinski definition) is 0. The molecule has 1 rings (SSSR count). The zero-order valence-electron chi connectivity index (χ0n) is 13.4. The van der Waals surface area contributed by atoms with Gasteiger partial charge in [0.2, 0.25) is 10.0 Å². The van der Waals surface area contributed by atoms with Crippen LogP contribution in [0.1, 0.15) is 24.2 Å². The van der Waals surface area contributed by atoms with E-state index in [4.69, 9.17) is 10.5 Å². The summed E-state index contributed by atoms with van der Waals surface area (Å²) in [7, 11) is -3.86. The van der Waals surface area contributed by atoms with Gasteiger partial charge in [-0.2, -0.15) is 14.8 Å². The number of nitriles is 2. The first-order valence-corrected chi connectivity index (χ1v) is 8.60. The Morgan fingerprint density at radius 3 is 2.17 bits per heavy atom. The minimum atomic E-state index is -3.86. The van der Waals surface area contributed by atoms with Gasteiger partial charge in [0.15, 0.2) is 0 Å². The van der Waals surface area contributed by atoms with Gasteiger partial charge < -0.3 is 4.90 Å². The quantitative estimate of drug-likeness (QED) is 0.689. The summed E-state index contributed by atoms with van der Waals surface area (Å²) in [5.74, 6) is -1.83. The first-order valence-electron chi connectivity index (χ1n) is 7.16. The summed E-state index contributed by atoms with van der Waals surface area (Å²) in [6.45, 7) is 2.98. The van der Waals surface area contributed by atoms with E-state index in [9.17, 15) is 17.6 Å². The van der Waals surface area contributed by atoms with Gasteiger partial charge in [-0.3, -0.25) is 4.79 Å². The van der Waals surface area contributed by atoms with E-state index in [0.717, 1.165) is 23.1 Å². The van der Waals surface area contributed by atoms with Crippen molar-refractivity contribution in [2.45, 2.75) is 18.7 Å². The Labute approximate surface area is 140 Å². The Kier molecular flexibility index (Phi) is 6.83. The molecule has 0 N–H and O–H groups in total. The Morgan fingerprint density at radius 1 is 1.17 bits per heavy atom. The molecule has 128 valence electrons. The second-order valence-electron chi connectivity index (χ2n) is 4.71. The average molecular weight is 352 g/mol. The number of halogens is 1. The van der Waals surface area contributed by atoms with E-state index < -0.39 is 40.4 Å². The van der Waals surface area contributed by atoms with Gasteiger partial charge in [0.25, 0.3) is 5.91 Å². The number of hydrogen-bond acceptors (Lipinski definition) is 5. The van der Waals surface area contributed by atoms with Gasteiger partial charge in [-0.15, -0.1) is 0 Å². The van der Waals surface area contributed by atoms with Crippen molar-refractivity contribution in [1.29, 1.82) is 10.5 Å². The number of benzene rings is 1. The molecule has 9 heteroatoms. The highest BCUT2D eigenvalue weighted by molar-refractivity contribution is 7.89. The molecular weight excluding hydrogens is 335 g/mol. The van der Waals surface area contributed by atoms with E-state index in [1.165, 1.54) is 4.31 Å².